The molecule has 1 atom stereocenters. The minimum atomic E-state index is -1.13. The standard InChI is InChI=1S/C27H33NO4S/c1-7-16-12-13-17(19(14-16)31-6)22-21(24(26(29)30)32-27(3,4)5)15(2)28-25-23(22)18-10-8-9-11-20(18)33-25/h12-14,24H,7-11H2,1-6H3,(H,29,30)/t24-/m0/s1. The van der Waals surface area contributed by atoms with Gasteiger partial charge < -0.3 is 14.6 Å². The highest BCUT2D eigenvalue weighted by molar-refractivity contribution is 7.19. The van der Waals surface area contributed by atoms with E-state index in [1.165, 1.54) is 22.4 Å². The molecule has 33 heavy (non-hydrogen) atoms. The van der Waals surface area contributed by atoms with Crippen LogP contribution in [-0.4, -0.2) is 28.8 Å². The number of thiophene rings is 1. The van der Waals surface area contributed by atoms with E-state index in [9.17, 15) is 9.90 Å². The van der Waals surface area contributed by atoms with E-state index in [0.29, 0.717) is 11.3 Å². The number of hydrogen-bond acceptors (Lipinski definition) is 5. The second-order valence-corrected chi connectivity index (χ2v) is 10.8. The maximum Gasteiger partial charge on any atom is 0.337 e. The van der Waals surface area contributed by atoms with Crippen LogP contribution in [0, 0.1) is 6.92 Å². The van der Waals surface area contributed by atoms with Crippen molar-refractivity contribution in [1.82, 2.24) is 4.98 Å². The Bertz CT molecular complexity index is 1210. The van der Waals surface area contributed by atoms with Crippen molar-refractivity contribution in [2.75, 3.05) is 7.11 Å². The molecule has 0 saturated carbocycles. The van der Waals surface area contributed by atoms with Crippen LogP contribution < -0.4 is 4.74 Å². The van der Waals surface area contributed by atoms with Gasteiger partial charge in [0.1, 0.15) is 10.6 Å². The Labute approximate surface area is 199 Å². The van der Waals surface area contributed by atoms with Gasteiger partial charge in [0.2, 0.25) is 0 Å². The molecule has 0 aliphatic heterocycles. The van der Waals surface area contributed by atoms with E-state index in [2.05, 4.69) is 25.1 Å². The summed E-state index contributed by atoms with van der Waals surface area (Å²) in [7, 11) is 1.67. The molecule has 0 unspecified atom stereocenters. The van der Waals surface area contributed by atoms with E-state index in [-0.39, 0.29) is 0 Å². The molecule has 2 aromatic heterocycles. The van der Waals surface area contributed by atoms with Gasteiger partial charge in [-0.25, -0.2) is 9.78 Å². The summed E-state index contributed by atoms with van der Waals surface area (Å²) in [5.41, 5.74) is 4.96. The van der Waals surface area contributed by atoms with Crippen molar-refractivity contribution in [3.8, 4) is 16.9 Å². The lowest BCUT2D eigenvalue weighted by Crippen LogP contribution is -2.28. The molecule has 0 amide bonds. The smallest absolute Gasteiger partial charge is 0.337 e. The lowest BCUT2D eigenvalue weighted by molar-refractivity contribution is -0.160. The molecule has 5 nitrogen and oxygen atoms in total. The average molecular weight is 468 g/mol. The SMILES string of the molecule is CCc1ccc(-c2c([C@H](OC(C)(C)C)C(=O)O)c(C)nc3sc4c(c23)CCCC4)c(OC)c1. The van der Waals surface area contributed by atoms with Crippen LogP contribution in [0.3, 0.4) is 0 Å². The predicted molar refractivity (Wildman–Crippen MR) is 134 cm³/mol. The number of aliphatic carboxylic acids is 1. The number of methoxy groups -OCH3 is 1. The summed E-state index contributed by atoms with van der Waals surface area (Å²) >= 11 is 1.75. The summed E-state index contributed by atoms with van der Waals surface area (Å²) in [6.45, 7) is 9.65. The summed E-state index contributed by atoms with van der Waals surface area (Å²) < 4.78 is 12.0. The van der Waals surface area contributed by atoms with Crippen molar-refractivity contribution < 1.29 is 19.4 Å². The minimum Gasteiger partial charge on any atom is -0.496 e. The van der Waals surface area contributed by atoms with E-state index in [0.717, 1.165) is 52.8 Å². The highest BCUT2D eigenvalue weighted by Gasteiger charge is 2.34. The van der Waals surface area contributed by atoms with Crippen LogP contribution in [-0.2, 0) is 28.8 Å². The second kappa shape index (κ2) is 9.07. The topological polar surface area (TPSA) is 68.7 Å². The summed E-state index contributed by atoms with van der Waals surface area (Å²) in [5, 5.41) is 11.3. The van der Waals surface area contributed by atoms with Gasteiger partial charge in [-0.05, 0) is 77.0 Å². The molecule has 3 aromatic rings. The van der Waals surface area contributed by atoms with Gasteiger partial charge in [0, 0.05) is 32.6 Å². The monoisotopic (exact) mass is 467 g/mol. The number of carboxylic acids is 1. The van der Waals surface area contributed by atoms with Crippen LogP contribution >= 0.6 is 11.3 Å². The number of aromatic nitrogens is 1. The quantitative estimate of drug-likeness (QED) is 0.439. The minimum absolute atomic E-state index is 0.624. The van der Waals surface area contributed by atoms with Gasteiger partial charge in [0.05, 0.1) is 12.7 Å². The van der Waals surface area contributed by atoms with Crippen molar-refractivity contribution >= 4 is 27.5 Å². The first-order valence-corrected chi connectivity index (χ1v) is 12.5. The van der Waals surface area contributed by atoms with E-state index in [4.69, 9.17) is 14.5 Å². The molecule has 1 aliphatic rings. The van der Waals surface area contributed by atoms with Crippen molar-refractivity contribution in [2.45, 2.75) is 78.4 Å². The van der Waals surface area contributed by atoms with Crippen molar-refractivity contribution in [3.63, 3.8) is 0 Å². The van der Waals surface area contributed by atoms with Crippen LogP contribution in [0.1, 0.15) is 73.9 Å². The maximum atomic E-state index is 12.5. The number of nitrogens with zero attached hydrogens (tertiary/aromatic N) is 1. The average Bonchev–Trinajstić information content (AvgIpc) is 3.13. The maximum absolute atomic E-state index is 12.5. The van der Waals surface area contributed by atoms with Crippen LogP contribution in [0.4, 0.5) is 0 Å². The molecule has 0 bridgehead atoms. The van der Waals surface area contributed by atoms with E-state index < -0.39 is 17.7 Å². The number of benzene rings is 1. The third-order valence-corrected chi connectivity index (χ3v) is 7.42. The molecular formula is C27H33NO4S. The summed E-state index contributed by atoms with van der Waals surface area (Å²) in [6.07, 6.45) is 4.12. The Morgan fingerprint density at radius 3 is 2.61 bits per heavy atom. The van der Waals surface area contributed by atoms with Gasteiger partial charge in [0.15, 0.2) is 6.10 Å². The lowest BCUT2D eigenvalue weighted by atomic mass is 9.87. The Morgan fingerprint density at radius 2 is 1.97 bits per heavy atom. The predicted octanol–water partition coefficient (Wildman–Crippen LogP) is 6.66. The summed E-state index contributed by atoms with van der Waals surface area (Å²) in [5.74, 6) is -0.262. The van der Waals surface area contributed by atoms with Crippen LogP contribution in [0.2, 0.25) is 0 Å². The van der Waals surface area contributed by atoms with Crippen LogP contribution in [0.25, 0.3) is 21.3 Å². The molecule has 6 heteroatoms. The van der Waals surface area contributed by atoms with Gasteiger partial charge in [0.25, 0.3) is 0 Å². The van der Waals surface area contributed by atoms with E-state index >= 15 is 0 Å². The van der Waals surface area contributed by atoms with E-state index in [1.54, 1.807) is 18.4 Å². The Morgan fingerprint density at radius 1 is 1.24 bits per heavy atom. The molecule has 1 aromatic carbocycles. The molecule has 4 rings (SSSR count). The molecule has 0 fully saturated rings. The summed E-state index contributed by atoms with van der Waals surface area (Å²) in [4.78, 5) is 19.8. The summed E-state index contributed by atoms with van der Waals surface area (Å²) in [6, 6.07) is 6.22. The molecule has 0 radical (unpaired) electrons. The van der Waals surface area contributed by atoms with Crippen LogP contribution in [0.5, 0.6) is 5.75 Å². The third kappa shape index (κ3) is 4.51. The van der Waals surface area contributed by atoms with Gasteiger partial charge in [-0.3, -0.25) is 0 Å². The number of ether oxygens (including phenoxy) is 2. The fraction of sp³-hybridized carbons (Fsp3) is 0.481. The van der Waals surface area contributed by atoms with Crippen molar-refractivity contribution in [3.05, 3.63) is 45.5 Å². The van der Waals surface area contributed by atoms with E-state index in [1.807, 2.05) is 27.7 Å². The number of carbonyl (C=O) groups is 1. The largest absolute Gasteiger partial charge is 0.496 e. The van der Waals surface area contributed by atoms with Crippen molar-refractivity contribution in [2.24, 2.45) is 0 Å². The normalized spacial score (nSPS) is 14.8. The zero-order valence-corrected chi connectivity index (χ0v) is 21.2. The van der Waals surface area contributed by atoms with Crippen LogP contribution in [0.15, 0.2) is 18.2 Å². The number of rotatable bonds is 6. The fourth-order valence-electron chi connectivity index (χ4n) is 4.77. The first-order valence-electron chi connectivity index (χ1n) is 11.7. The lowest BCUT2D eigenvalue weighted by Gasteiger charge is -2.28. The second-order valence-electron chi connectivity index (χ2n) is 9.71. The number of carboxylic acid groups (broad SMARTS) is 1. The zero-order chi connectivity index (χ0) is 23.9. The molecule has 1 aliphatic carbocycles. The van der Waals surface area contributed by atoms with Gasteiger partial charge in [-0.2, -0.15) is 0 Å². The number of hydrogen-bond donors (Lipinski definition) is 1. The van der Waals surface area contributed by atoms with Gasteiger partial charge in [-0.15, -0.1) is 11.3 Å². The Hall–Kier alpha value is -2.44. The third-order valence-electron chi connectivity index (χ3n) is 6.23. The Balaban J connectivity index is 2.12. The fourth-order valence-corrected chi connectivity index (χ4v) is 6.08. The first-order chi connectivity index (χ1) is 15.6. The molecule has 2 heterocycles. The van der Waals surface area contributed by atoms with Gasteiger partial charge >= 0.3 is 5.97 Å². The molecule has 0 saturated heterocycles. The molecule has 176 valence electrons. The highest BCUT2D eigenvalue weighted by atomic mass is 32.1. The Kier molecular flexibility index (Phi) is 6.52. The number of fused-ring (bicyclic) bond motifs is 3. The highest BCUT2D eigenvalue weighted by Crippen LogP contribution is 2.47. The zero-order valence-electron chi connectivity index (χ0n) is 20.4. The number of pyridine rings is 1. The molecule has 1 N–H and O–H groups in total. The molecular weight excluding hydrogens is 434 g/mol. The molecule has 0 spiro atoms. The number of aryl methyl sites for hydroxylation is 4. The first kappa shape index (κ1) is 23.7. The van der Waals surface area contributed by atoms with Crippen molar-refractivity contribution in [1.29, 1.82) is 0 Å². The van der Waals surface area contributed by atoms with Gasteiger partial charge in [-0.1, -0.05) is 19.1 Å².